The molecule has 0 saturated carbocycles. The molecule has 2 aromatic carbocycles. The molecule has 5 rings (SSSR count). The first-order chi connectivity index (χ1) is 16.9. The topological polar surface area (TPSA) is 93.8 Å². The third-order valence-corrected chi connectivity index (χ3v) is 7.63. The van der Waals surface area contributed by atoms with Gasteiger partial charge in [-0.2, -0.15) is 0 Å². The molecule has 35 heavy (non-hydrogen) atoms. The second-order valence-corrected chi connectivity index (χ2v) is 9.83. The van der Waals surface area contributed by atoms with Gasteiger partial charge in [-0.1, -0.05) is 41.9 Å². The number of hydrogen-bond donors (Lipinski definition) is 0. The van der Waals surface area contributed by atoms with Crippen molar-refractivity contribution in [1.82, 2.24) is 9.97 Å². The van der Waals surface area contributed by atoms with Crippen LogP contribution >= 0.6 is 11.6 Å². The van der Waals surface area contributed by atoms with Crippen LogP contribution in [0.4, 0.5) is 11.4 Å². The number of nitrogens with zero attached hydrogens (tertiary/aromatic N) is 4. The van der Waals surface area contributed by atoms with Crippen LogP contribution in [-0.2, 0) is 14.8 Å². The molecule has 0 saturated heterocycles. The van der Waals surface area contributed by atoms with Gasteiger partial charge in [0.25, 0.3) is 15.9 Å². The number of amides is 1. The Morgan fingerprint density at radius 3 is 2.69 bits per heavy atom. The molecule has 1 aliphatic rings. The minimum atomic E-state index is -4.37. The summed E-state index contributed by atoms with van der Waals surface area (Å²) >= 11 is 6.05. The van der Waals surface area contributed by atoms with Crippen molar-refractivity contribution in [1.29, 1.82) is 0 Å². The molecule has 10 heteroatoms. The van der Waals surface area contributed by atoms with E-state index in [1.807, 2.05) is 0 Å². The zero-order chi connectivity index (χ0) is 24.7. The number of para-hydroxylation sites is 1. The Labute approximate surface area is 206 Å². The van der Waals surface area contributed by atoms with Gasteiger partial charge in [-0.15, -0.1) is 0 Å². The van der Waals surface area contributed by atoms with Crippen LogP contribution in [-0.4, -0.2) is 30.9 Å². The van der Waals surface area contributed by atoms with Crippen LogP contribution in [0.1, 0.15) is 24.0 Å². The molecule has 0 aliphatic carbocycles. The highest BCUT2D eigenvalue weighted by Crippen LogP contribution is 2.47. The van der Waals surface area contributed by atoms with E-state index in [1.54, 1.807) is 37.3 Å². The number of sulfonamides is 1. The van der Waals surface area contributed by atoms with Gasteiger partial charge in [0.2, 0.25) is 5.88 Å². The average Bonchev–Trinajstić information content (AvgIpc) is 3.15. The largest absolute Gasteiger partial charge is 0.478 e. The van der Waals surface area contributed by atoms with Gasteiger partial charge in [-0.05, 0) is 42.8 Å². The van der Waals surface area contributed by atoms with E-state index in [0.717, 1.165) is 4.31 Å². The molecule has 0 N–H and O–H groups in total. The lowest BCUT2D eigenvalue weighted by molar-refractivity contribution is -0.117. The molecule has 0 spiro atoms. The Bertz CT molecular complexity index is 1640. The van der Waals surface area contributed by atoms with Crippen LogP contribution in [0.2, 0.25) is 5.15 Å². The van der Waals surface area contributed by atoms with Crippen molar-refractivity contribution >= 4 is 49.8 Å². The van der Waals surface area contributed by atoms with Gasteiger partial charge in [0.05, 0.1) is 30.3 Å². The lowest BCUT2D eigenvalue weighted by atomic mass is 9.93. The number of fused-ring (bicyclic) bond motifs is 2. The summed E-state index contributed by atoms with van der Waals surface area (Å²) in [6, 6.07) is 15.8. The lowest BCUT2D eigenvalue weighted by Crippen LogP contribution is -2.35. The van der Waals surface area contributed by atoms with E-state index in [9.17, 15) is 13.2 Å². The SMILES string of the molecule is [C-]#[N+]c1ccc2c(c1)C(c1ccc(Cl)nc1OCC)C(=O)N2S(=O)(=O)c1cccc2cccnc12. The molecule has 1 amide bonds. The molecule has 0 radical (unpaired) electrons. The van der Waals surface area contributed by atoms with Crippen LogP contribution < -0.4 is 9.04 Å². The van der Waals surface area contributed by atoms with Crippen molar-refractivity contribution in [2.75, 3.05) is 10.9 Å². The minimum Gasteiger partial charge on any atom is -0.478 e. The zero-order valence-corrected chi connectivity index (χ0v) is 19.9. The zero-order valence-electron chi connectivity index (χ0n) is 18.3. The van der Waals surface area contributed by atoms with E-state index >= 15 is 0 Å². The normalized spacial score (nSPS) is 15.2. The quantitative estimate of drug-likeness (QED) is 0.277. The second kappa shape index (κ2) is 8.65. The molecular weight excluding hydrogens is 488 g/mol. The molecule has 8 nitrogen and oxygen atoms in total. The van der Waals surface area contributed by atoms with Gasteiger partial charge in [0.1, 0.15) is 10.0 Å². The van der Waals surface area contributed by atoms with Crippen molar-refractivity contribution < 1.29 is 17.9 Å². The number of anilines is 1. The number of benzene rings is 2. The lowest BCUT2D eigenvalue weighted by Gasteiger charge is -2.19. The van der Waals surface area contributed by atoms with Crippen LogP contribution in [0.15, 0.2) is 71.8 Å². The highest BCUT2D eigenvalue weighted by molar-refractivity contribution is 7.93. The molecule has 1 aliphatic heterocycles. The van der Waals surface area contributed by atoms with Gasteiger partial charge < -0.3 is 4.74 Å². The Kier molecular flexibility index (Phi) is 5.63. The number of rotatable bonds is 5. The van der Waals surface area contributed by atoms with Crippen molar-refractivity contribution in [3.05, 3.63) is 94.6 Å². The number of hydrogen-bond acceptors (Lipinski definition) is 6. The summed E-state index contributed by atoms with van der Waals surface area (Å²) in [7, 11) is -4.37. The first kappa shape index (κ1) is 22.8. The van der Waals surface area contributed by atoms with Gasteiger partial charge in [-0.25, -0.2) is 22.6 Å². The third-order valence-electron chi connectivity index (χ3n) is 5.68. The number of halogens is 1. The Morgan fingerprint density at radius 1 is 1.11 bits per heavy atom. The third kappa shape index (κ3) is 3.67. The number of aromatic nitrogens is 2. The van der Waals surface area contributed by atoms with E-state index < -0.39 is 21.8 Å². The summed E-state index contributed by atoms with van der Waals surface area (Å²) in [5, 5.41) is 0.796. The fourth-order valence-electron chi connectivity index (χ4n) is 4.23. The predicted molar refractivity (Wildman–Crippen MR) is 131 cm³/mol. The van der Waals surface area contributed by atoms with Crippen LogP contribution in [0.3, 0.4) is 0 Å². The standard InChI is InChI=1S/C25H17ClN4O4S/c1-3-34-24-17(10-12-21(26)29-24)22-18-14-16(27-2)9-11-19(18)30(25(22)31)35(32,33)20-8-4-6-15-7-5-13-28-23(15)20/h4-14,22H,3H2,1H3. The van der Waals surface area contributed by atoms with Crippen molar-refractivity contribution in [2.24, 2.45) is 0 Å². The van der Waals surface area contributed by atoms with Crippen LogP contribution in [0, 0.1) is 6.57 Å². The fraction of sp³-hybridized carbons (Fsp3) is 0.120. The Balaban J connectivity index is 1.75. The van der Waals surface area contributed by atoms with Crippen molar-refractivity contribution in [3.63, 3.8) is 0 Å². The van der Waals surface area contributed by atoms with E-state index in [4.69, 9.17) is 22.9 Å². The van der Waals surface area contributed by atoms with E-state index in [-0.39, 0.29) is 39.4 Å². The number of carbonyl (C=O) groups is 1. The highest BCUT2D eigenvalue weighted by atomic mass is 35.5. The summed E-state index contributed by atoms with van der Waals surface area (Å²) in [5.41, 5.74) is 1.42. The van der Waals surface area contributed by atoms with Crippen LogP contribution in [0.25, 0.3) is 15.7 Å². The van der Waals surface area contributed by atoms with Crippen molar-refractivity contribution in [3.8, 4) is 5.88 Å². The minimum absolute atomic E-state index is 0.0935. The molecular formula is C25H17ClN4O4S. The maximum Gasteiger partial charge on any atom is 0.273 e. The number of carbonyl (C=O) groups excluding carboxylic acids is 1. The second-order valence-electron chi connectivity index (χ2n) is 7.69. The maximum atomic E-state index is 14.0. The summed E-state index contributed by atoms with van der Waals surface area (Å²) in [6.45, 7) is 9.43. The maximum absolute atomic E-state index is 14.0. The monoisotopic (exact) mass is 504 g/mol. The van der Waals surface area contributed by atoms with Crippen molar-refractivity contribution in [2.45, 2.75) is 17.7 Å². The Morgan fingerprint density at radius 2 is 1.91 bits per heavy atom. The van der Waals surface area contributed by atoms with E-state index in [0.29, 0.717) is 16.5 Å². The number of pyridine rings is 2. The summed E-state index contributed by atoms with van der Waals surface area (Å²) in [4.78, 5) is 25.7. The van der Waals surface area contributed by atoms with Gasteiger partial charge in [0, 0.05) is 17.1 Å². The van der Waals surface area contributed by atoms with Gasteiger partial charge >= 0.3 is 0 Å². The first-order valence-electron chi connectivity index (χ1n) is 10.6. The highest BCUT2D eigenvalue weighted by Gasteiger charge is 2.46. The molecule has 1 unspecified atom stereocenters. The molecule has 4 aromatic rings. The summed E-state index contributed by atoms with van der Waals surface area (Å²) < 4.78 is 34.3. The summed E-state index contributed by atoms with van der Waals surface area (Å²) in [6.07, 6.45) is 1.50. The average molecular weight is 505 g/mol. The first-order valence-corrected chi connectivity index (χ1v) is 12.4. The van der Waals surface area contributed by atoms with Gasteiger partial charge in [-0.3, -0.25) is 9.78 Å². The molecule has 1 atom stereocenters. The summed E-state index contributed by atoms with van der Waals surface area (Å²) in [5.74, 6) is -1.64. The molecule has 2 aromatic heterocycles. The van der Waals surface area contributed by atoms with Crippen LogP contribution in [0.5, 0.6) is 5.88 Å². The van der Waals surface area contributed by atoms with Gasteiger partial charge in [0.15, 0.2) is 5.69 Å². The molecule has 3 heterocycles. The Hall–Kier alpha value is -4.00. The molecule has 0 bridgehead atoms. The van der Waals surface area contributed by atoms with E-state index in [2.05, 4.69) is 14.8 Å². The number of ether oxygens (including phenoxy) is 1. The molecule has 174 valence electrons. The fourth-order valence-corrected chi connectivity index (χ4v) is 6.00. The van der Waals surface area contributed by atoms with E-state index in [1.165, 1.54) is 36.5 Å². The predicted octanol–water partition coefficient (Wildman–Crippen LogP) is 5.10. The molecule has 0 fully saturated rings. The smallest absolute Gasteiger partial charge is 0.273 e.